The zero-order valence-corrected chi connectivity index (χ0v) is 21.4. The molecule has 7 heteroatoms. The Morgan fingerprint density at radius 1 is 1.03 bits per heavy atom. The van der Waals surface area contributed by atoms with Crippen LogP contribution in [0.2, 0.25) is 0 Å². The zero-order chi connectivity index (χ0) is 23.1. The second kappa shape index (κ2) is 11.7. The first-order valence-electron chi connectivity index (χ1n) is 11.7. The largest absolute Gasteiger partial charge is 0.357 e. The number of rotatable bonds is 12. The lowest BCUT2D eigenvalue weighted by atomic mass is 10.1. The van der Waals surface area contributed by atoms with Gasteiger partial charge in [-0.15, -0.1) is 0 Å². The zero-order valence-electron chi connectivity index (χ0n) is 19.8. The standard InChI is InChI=1S/C25H37BrN6/c1-18(2)11-15-31(16-12-19(3)4)23-10-9-22-24(30-23)32(14-6-13-27)25(29-22)28-21-8-5-7-20(26)17-21/h5,7-10,17-19H,6,11-16,27H2,1-4H3,(H,28,29). The lowest BCUT2D eigenvalue weighted by molar-refractivity contribution is 0.533. The van der Waals surface area contributed by atoms with Crippen molar-refractivity contribution in [3.63, 3.8) is 0 Å². The third-order valence-corrected chi connectivity index (χ3v) is 6.01. The van der Waals surface area contributed by atoms with Gasteiger partial charge < -0.3 is 16.0 Å². The Hall–Kier alpha value is -2.12. The SMILES string of the molecule is CC(C)CCN(CCC(C)C)c1ccc2nc(Nc3cccc(Br)c3)n(CCCN)c2n1. The number of nitrogens with two attached hydrogens (primary N) is 1. The number of aromatic nitrogens is 3. The maximum Gasteiger partial charge on any atom is 0.209 e. The Kier molecular flexibility index (Phi) is 8.93. The molecule has 2 aromatic heterocycles. The fraction of sp³-hybridized carbons (Fsp3) is 0.520. The summed E-state index contributed by atoms with van der Waals surface area (Å²) in [5.41, 5.74) is 8.63. The van der Waals surface area contributed by atoms with E-state index in [4.69, 9.17) is 15.7 Å². The Labute approximate surface area is 200 Å². The van der Waals surface area contributed by atoms with E-state index in [1.807, 2.05) is 24.3 Å². The minimum Gasteiger partial charge on any atom is -0.357 e. The van der Waals surface area contributed by atoms with Crippen molar-refractivity contribution in [2.45, 2.75) is 53.5 Å². The van der Waals surface area contributed by atoms with Gasteiger partial charge in [-0.2, -0.15) is 0 Å². The average Bonchev–Trinajstić information content (AvgIpc) is 3.08. The second-order valence-corrected chi connectivity index (χ2v) is 10.1. The van der Waals surface area contributed by atoms with E-state index < -0.39 is 0 Å². The van der Waals surface area contributed by atoms with Crippen LogP contribution >= 0.6 is 15.9 Å². The van der Waals surface area contributed by atoms with E-state index in [2.05, 4.69) is 70.5 Å². The Morgan fingerprint density at radius 2 is 1.75 bits per heavy atom. The van der Waals surface area contributed by atoms with Crippen molar-refractivity contribution < 1.29 is 0 Å². The molecule has 0 bridgehead atoms. The summed E-state index contributed by atoms with van der Waals surface area (Å²) in [6.45, 7) is 12.5. The first kappa shape index (κ1) is 24.5. The van der Waals surface area contributed by atoms with E-state index in [9.17, 15) is 0 Å². The second-order valence-electron chi connectivity index (χ2n) is 9.23. The van der Waals surface area contributed by atoms with Crippen LogP contribution < -0.4 is 16.0 Å². The fourth-order valence-electron chi connectivity index (χ4n) is 3.59. The molecule has 0 fully saturated rings. The quantitative estimate of drug-likeness (QED) is 0.310. The molecule has 32 heavy (non-hydrogen) atoms. The Bertz CT molecular complexity index is 985. The number of halogens is 1. The molecule has 0 amide bonds. The Morgan fingerprint density at radius 3 is 2.38 bits per heavy atom. The van der Waals surface area contributed by atoms with Gasteiger partial charge in [0.2, 0.25) is 5.95 Å². The minimum atomic E-state index is 0.630. The molecule has 0 saturated heterocycles. The maximum absolute atomic E-state index is 5.84. The molecule has 3 rings (SSSR count). The van der Waals surface area contributed by atoms with Crippen LogP contribution in [0, 0.1) is 11.8 Å². The molecule has 0 aliphatic carbocycles. The molecule has 0 aliphatic rings. The van der Waals surface area contributed by atoms with E-state index in [-0.39, 0.29) is 0 Å². The first-order valence-corrected chi connectivity index (χ1v) is 12.5. The number of imidazole rings is 1. The van der Waals surface area contributed by atoms with Crippen molar-refractivity contribution in [3.05, 3.63) is 40.9 Å². The van der Waals surface area contributed by atoms with Gasteiger partial charge in [-0.3, -0.25) is 4.57 Å². The molecule has 6 nitrogen and oxygen atoms in total. The van der Waals surface area contributed by atoms with Gasteiger partial charge in [-0.1, -0.05) is 49.7 Å². The van der Waals surface area contributed by atoms with Crippen molar-refractivity contribution >= 4 is 44.5 Å². The summed E-state index contributed by atoms with van der Waals surface area (Å²) in [6, 6.07) is 12.3. The number of hydrogen-bond donors (Lipinski definition) is 2. The van der Waals surface area contributed by atoms with Crippen molar-refractivity contribution in [3.8, 4) is 0 Å². The van der Waals surface area contributed by atoms with Crippen LogP contribution in [0.5, 0.6) is 0 Å². The topological polar surface area (TPSA) is 72.0 Å². The van der Waals surface area contributed by atoms with E-state index >= 15 is 0 Å². The van der Waals surface area contributed by atoms with Gasteiger partial charge >= 0.3 is 0 Å². The maximum atomic E-state index is 5.84. The van der Waals surface area contributed by atoms with Gasteiger partial charge in [0.1, 0.15) is 11.3 Å². The summed E-state index contributed by atoms with van der Waals surface area (Å²) in [5, 5.41) is 3.47. The van der Waals surface area contributed by atoms with Crippen LogP contribution in [0.25, 0.3) is 11.2 Å². The molecular formula is C25H37BrN6. The molecular weight excluding hydrogens is 464 g/mol. The highest BCUT2D eigenvalue weighted by atomic mass is 79.9. The molecule has 0 radical (unpaired) electrons. The third kappa shape index (κ3) is 6.69. The summed E-state index contributed by atoms with van der Waals surface area (Å²) in [7, 11) is 0. The fourth-order valence-corrected chi connectivity index (χ4v) is 3.99. The molecule has 0 unspecified atom stereocenters. The molecule has 0 atom stereocenters. The lowest BCUT2D eigenvalue weighted by Crippen LogP contribution is -2.28. The normalized spacial score (nSPS) is 11.6. The highest BCUT2D eigenvalue weighted by Crippen LogP contribution is 2.26. The molecule has 3 N–H and O–H groups in total. The van der Waals surface area contributed by atoms with Crippen LogP contribution in [0.3, 0.4) is 0 Å². The van der Waals surface area contributed by atoms with Crippen LogP contribution in [-0.2, 0) is 6.54 Å². The van der Waals surface area contributed by atoms with E-state index in [0.717, 1.165) is 72.0 Å². The van der Waals surface area contributed by atoms with Crippen LogP contribution in [-0.4, -0.2) is 34.2 Å². The van der Waals surface area contributed by atoms with Gasteiger partial charge in [-0.25, -0.2) is 9.97 Å². The van der Waals surface area contributed by atoms with Crippen molar-refractivity contribution in [2.24, 2.45) is 17.6 Å². The summed E-state index contributed by atoms with van der Waals surface area (Å²) in [4.78, 5) is 12.4. The molecule has 174 valence electrons. The van der Waals surface area contributed by atoms with Gasteiger partial charge in [0.25, 0.3) is 0 Å². The monoisotopic (exact) mass is 500 g/mol. The van der Waals surface area contributed by atoms with Crippen molar-refractivity contribution in [1.29, 1.82) is 0 Å². The highest BCUT2D eigenvalue weighted by Gasteiger charge is 2.16. The van der Waals surface area contributed by atoms with Crippen molar-refractivity contribution in [2.75, 3.05) is 29.9 Å². The number of hydrogen-bond acceptors (Lipinski definition) is 5. The van der Waals surface area contributed by atoms with Gasteiger partial charge in [0, 0.05) is 29.8 Å². The van der Waals surface area contributed by atoms with E-state index in [1.54, 1.807) is 0 Å². The summed E-state index contributed by atoms with van der Waals surface area (Å²) in [5.74, 6) is 3.15. The number of pyridine rings is 1. The molecule has 0 spiro atoms. The number of benzene rings is 1. The third-order valence-electron chi connectivity index (χ3n) is 5.52. The molecule has 0 saturated carbocycles. The van der Waals surface area contributed by atoms with Crippen LogP contribution in [0.15, 0.2) is 40.9 Å². The van der Waals surface area contributed by atoms with E-state index in [1.165, 1.54) is 0 Å². The number of aryl methyl sites for hydroxylation is 1. The summed E-state index contributed by atoms with van der Waals surface area (Å²) >= 11 is 3.54. The highest BCUT2D eigenvalue weighted by molar-refractivity contribution is 9.10. The van der Waals surface area contributed by atoms with Gasteiger partial charge in [0.05, 0.1) is 0 Å². The predicted octanol–water partition coefficient (Wildman–Crippen LogP) is 6.18. The Balaban J connectivity index is 1.96. The molecule has 1 aromatic carbocycles. The smallest absolute Gasteiger partial charge is 0.209 e. The number of nitrogens with zero attached hydrogens (tertiary/aromatic N) is 4. The van der Waals surface area contributed by atoms with Gasteiger partial charge in [-0.05, 0) is 68.0 Å². The molecule has 0 aliphatic heterocycles. The molecule has 3 aromatic rings. The first-order chi connectivity index (χ1) is 15.4. The van der Waals surface area contributed by atoms with E-state index in [0.29, 0.717) is 18.4 Å². The summed E-state index contributed by atoms with van der Waals surface area (Å²) < 4.78 is 3.19. The van der Waals surface area contributed by atoms with Crippen molar-refractivity contribution in [1.82, 2.24) is 14.5 Å². The predicted molar refractivity (Wildman–Crippen MR) is 140 cm³/mol. The lowest BCUT2D eigenvalue weighted by Gasteiger charge is -2.25. The average molecular weight is 502 g/mol. The van der Waals surface area contributed by atoms with Crippen LogP contribution in [0.1, 0.15) is 47.0 Å². The number of anilines is 3. The molecule has 2 heterocycles. The van der Waals surface area contributed by atoms with Gasteiger partial charge in [0.15, 0.2) is 5.65 Å². The number of fused-ring (bicyclic) bond motifs is 1. The summed E-state index contributed by atoms with van der Waals surface area (Å²) in [6.07, 6.45) is 3.18. The minimum absolute atomic E-state index is 0.630. The number of nitrogens with one attached hydrogen (secondary N) is 1. The van der Waals surface area contributed by atoms with Crippen LogP contribution in [0.4, 0.5) is 17.5 Å².